The van der Waals surface area contributed by atoms with Crippen LogP contribution in [0.4, 0.5) is 0 Å². The van der Waals surface area contributed by atoms with E-state index in [1.165, 1.54) is 0 Å². The van der Waals surface area contributed by atoms with Crippen LogP contribution in [0.5, 0.6) is 5.75 Å². The number of carbonyl (C=O) groups excluding carboxylic acids is 1. The molecule has 1 amide bonds. The average molecular weight is 347 g/mol. The number of benzene rings is 1. The molecule has 0 fully saturated rings. The lowest BCUT2D eigenvalue weighted by atomic mass is 10.1. The van der Waals surface area contributed by atoms with E-state index >= 15 is 0 Å². The molecule has 0 saturated heterocycles. The van der Waals surface area contributed by atoms with Crippen LogP contribution < -0.4 is 10.1 Å². The molecule has 3 nitrogen and oxygen atoms in total. The van der Waals surface area contributed by atoms with Crippen LogP contribution in [-0.4, -0.2) is 24.0 Å². The summed E-state index contributed by atoms with van der Waals surface area (Å²) in [5, 5.41) is 2.91. The van der Waals surface area contributed by atoms with Crippen molar-refractivity contribution in [3.63, 3.8) is 0 Å². The Labute approximate surface area is 116 Å². The molecule has 1 N–H and O–H groups in total. The Morgan fingerprint density at radius 2 is 2.18 bits per heavy atom. The molecule has 0 aliphatic heterocycles. The number of alkyl halides is 1. The lowest BCUT2D eigenvalue weighted by molar-refractivity contribution is 0.0950. The Morgan fingerprint density at radius 1 is 1.41 bits per heavy atom. The summed E-state index contributed by atoms with van der Waals surface area (Å²) in [5.74, 6) is 0.570. The number of methoxy groups -OCH3 is 1. The third-order valence-electron chi connectivity index (χ3n) is 2.45. The van der Waals surface area contributed by atoms with Gasteiger partial charge in [-0.25, -0.2) is 0 Å². The van der Waals surface area contributed by atoms with Gasteiger partial charge in [-0.05, 0) is 36.3 Å². The van der Waals surface area contributed by atoms with E-state index in [9.17, 15) is 4.79 Å². The largest absolute Gasteiger partial charge is 0.496 e. The van der Waals surface area contributed by atoms with E-state index in [0.717, 1.165) is 29.4 Å². The normalized spacial score (nSPS) is 10.1. The number of carbonyl (C=O) groups is 1. The Bertz CT molecular complexity index is 380. The highest BCUT2D eigenvalue weighted by atomic mass is 127. The standard InChI is InChI=1S/C13H18INO2/c1-10-5-6-12(17-2)11(9-10)13(16)15-8-4-3-7-14/h5-6,9H,3-4,7-8H2,1-2H3,(H,15,16). The van der Waals surface area contributed by atoms with Crippen LogP contribution in [0, 0.1) is 6.92 Å². The molecular formula is C13H18INO2. The van der Waals surface area contributed by atoms with Crippen molar-refractivity contribution in [3.8, 4) is 5.75 Å². The Morgan fingerprint density at radius 3 is 2.82 bits per heavy atom. The molecular weight excluding hydrogens is 329 g/mol. The molecule has 1 aromatic rings. The monoisotopic (exact) mass is 347 g/mol. The van der Waals surface area contributed by atoms with E-state index in [2.05, 4.69) is 27.9 Å². The predicted octanol–water partition coefficient (Wildman–Crippen LogP) is 2.95. The first-order valence-electron chi connectivity index (χ1n) is 5.68. The molecule has 0 spiro atoms. The Hall–Kier alpha value is -0.780. The summed E-state index contributed by atoms with van der Waals surface area (Å²) in [6.45, 7) is 2.69. The number of ether oxygens (including phenoxy) is 1. The molecule has 1 rings (SSSR count). The maximum atomic E-state index is 11.9. The zero-order valence-corrected chi connectivity index (χ0v) is 12.4. The third-order valence-corrected chi connectivity index (χ3v) is 3.21. The summed E-state index contributed by atoms with van der Waals surface area (Å²) in [7, 11) is 1.58. The number of amides is 1. The van der Waals surface area contributed by atoms with E-state index < -0.39 is 0 Å². The molecule has 0 aromatic heterocycles. The van der Waals surface area contributed by atoms with Gasteiger partial charge in [0, 0.05) is 6.54 Å². The van der Waals surface area contributed by atoms with Crippen molar-refractivity contribution in [2.45, 2.75) is 19.8 Å². The highest BCUT2D eigenvalue weighted by Crippen LogP contribution is 2.19. The van der Waals surface area contributed by atoms with Crippen molar-refractivity contribution < 1.29 is 9.53 Å². The van der Waals surface area contributed by atoms with Gasteiger partial charge < -0.3 is 10.1 Å². The van der Waals surface area contributed by atoms with Gasteiger partial charge in [0.2, 0.25) is 0 Å². The predicted molar refractivity (Wildman–Crippen MR) is 78.2 cm³/mol. The van der Waals surface area contributed by atoms with Gasteiger partial charge in [0.05, 0.1) is 12.7 Å². The highest BCUT2D eigenvalue weighted by molar-refractivity contribution is 14.1. The van der Waals surface area contributed by atoms with Gasteiger partial charge in [0.1, 0.15) is 5.75 Å². The van der Waals surface area contributed by atoms with Crippen LogP contribution in [-0.2, 0) is 0 Å². The zero-order chi connectivity index (χ0) is 12.7. The van der Waals surface area contributed by atoms with Gasteiger partial charge in [0.15, 0.2) is 0 Å². The number of rotatable bonds is 6. The van der Waals surface area contributed by atoms with Crippen molar-refractivity contribution >= 4 is 28.5 Å². The minimum Gasteiger partial charge on any atom is -0.496 e. The first kappa shape index (κ1) is 14.3. The fourth-order valence-corrected chi connectivity index (χ4v) is 2.06. The molecule has 0 aliphatic rings. The summed E-state index contributed by atoms with van der Waals surface area (Å²) in [6.07, 6.45) is 2.15. The number of hydrogen-bond donors (Lipinski definition) is 1. The summed E-state index contributed by atoms with van der Waals surface area (Å²) < 4.78 is 6.31. The first-order valence-corrected chi connectivity index (χ1v) is 7.20. The molecule has 17 heavy (non-hydrogen) atoms. The second-order valence-corrected chi connectivity index (χ2v) is 4.93. The molecule has 4 heteroatoms. The molecule has 94 valence electrons. The zero-order valence-electron chi connectivity index (χ0n) is 10.3. The maximum Gasteiger partial charge on any atom is 0.255 e. The number of nitrogens with one attached hydrogen (secondary N) is 1. The van der Waals surface area contributed by atoms with Crippen LogP contribution in [0.25, 0.3) is 0 Å². The fourth-order valence-electron chi connectivity index (χ4n) is 1.52. The van der Waals surface area contributed by atoms with Gasteiger partial charge in [0.25, 0.3) is 5.91 Å². The topological polar surface area (TPSA) is 38.3 Å². The molecule has 0 bridgehead atoms. The van der Waals surface area contributed by atoms with Gasteiger partial charge in [-0.2, -0.15) is 0 Å². The van der Waals surface area contributed by atoms with Crippen molar-refractivity contribution in [2.24, 2.45) is 0 Å². The average Bonchev–Trinajstić information content (AvgIpc) is 2.34. The van der Waals surface area contributed by atoms with Crippen LogP contribution in [0.15, 0.2) is 18.2 Å². The lowest BCUT2D eigenvalue weighted by Gasteiger charge is -2.09. The highest BCUT2D eigenvalue weighted by Gasteiger charge is 2.11. The van der Waals surface area contributed by atoms with E-state index in [4.69, 9.17) is 4.74 Å². The van der Waals surface area contributed by atoms with Crippen LogP contribution in [0.1, 0.15) is 28.8 Å². The van der Waals surface area contributed by atoms with Gasteiger partial charge >= 0.3 is 0 Å². The smallest absolute Gasteiger partial charge is 0.255 e. The minimum atomic E-state index is -0.0565. The molecule has 0 unspecified atom stereocenters. The quantitative estimate of drug-likeness (QED) is 0.488. The second kappa shape index (κ2) is 7.53. The number of unbranched alkanes of at least 4 members (excludes halogenated alkanes) is 1. The number of halogens is 1. The number of hydrogen-bond acceptors (Lipinski definition) is 2. The molecule has 0 aliphatic carbocycles. The summed E-state index contributed by atoms with van der Waals surface area (Å²) >= 11 is 2.34. The maximum absolute atomic E-state index is 11.9. The lowest BCUT2D eigenvalue weighted by Crippen LogP contribution is -2.25. The van der Waals surface area contributed by atoms with Crippen LogP contribution in [0.2, 0.25) is 0 Å². The van der Waals surface area contributed by atoms with Gasteiger partial charge in [-0.1, -0.05) is 34.2 Å². The number of aryl methyl sites for hydroxylation is 1. The molecule has 0 saturated carbocycles. The molecule has 0 atom stereocenters. The van der Waals surface area contributed by atoms with Gasteiger partial charge in [-0.3, -0.25) is 4.79 Å². The van der Waals surface area contributed by atoms with Crippen molar-refractivity contribution in [1.29, 1.82) is 0 Å². The van der Waals surface area contributed by atoms with Crippen LogP contribution >= 0.6 is 22.6 Å². The third kappa shape index (κ3) is 4.53. The second-order valence-electron chi connectivity index (χ2n) is 3.86. The minimum absolute atomic E-state index is 0.0565. The molecule has 0 heterocycles. The summed E-state index contributed by atoms with van der Waals surface area (Å²) in [6, 6.07) is 5.62. The van der Waals surface area contributed by atoms with Crippen LogP contribution in [0.3, 0.4) is 0 Å². The van der Waals surface area contributed by atoms with E-state index in [0.29, 0.717) is 11.3 Å². The molecule has 1 aromatic carbocycles. The van der Waals surface area contributed by atoms with Crippen molar-refractivity contribution in [1.82, 2.24) is 5.32 Å². The SMILES string of the molecule is COc1ccc(C)cc1C(=O)NCCCCI. The Kier molecular flexibility index (Phi) is 6.32. The van der Waals surface area contributed by atoms with E-state index in [1.807, 2.05) is 25.1 Å². The van der Waals surface area contributed by atoms with E-state index in [-0.39, 0.29) is 5.91 Å². The first-order chi connectivity index (χ1) is 8.19. The summed E-state index contributed by atoms with van der Waals surface area (Å²) in [4.78, 5) is 11.9. The van der Waals surface area contributed by atoms with Gasteiger partial charge in [-0.15, -0.1) is 0 Å². The van der Waals surface area contributed by atoms with Crippen molar-refractivity contribution in [3.05, 3.63) is 29.3 Å². The Balaban J connectivity index is 2.64. The molecule has 0 radical (unpaired) electrons. The van der Waals surface area contributed by atoms with Crippen molar-refractivity contribution in [2.75, 3.05) is 18.1 Å². The summed E-state index contributed by atoms with van der Waals surface area (Å²) in [5.41, 5.74) is 1.67. The van der Waals surface area contributed by atoms with E-state index in [1.54, 1.807) is 7.11 Å². The fraction of sp³-hybridized carbons (Fsp3) is 0.462.